The molecule has 200 valence electrons. The number of fused-ring (bicyclic) bond motifs is 3. The van der Waals surface area contributed by atoms with Crippen molar-refractivity contribution in [2.24, 2.45) is 11.8 Å². The predicted octanol–water partition coefficient (Wildman–Crippen LogP) is 5.47. The van der Waals surface area contributed by atoms with E-state index in [2.05, 4.69) is 13.8 Å². The predicted molar refractivity (Wildman–Crippen MR) is 155 cm³/mol. The Morgan fingerprint density at radius 2 is 1.82 bits per heavy atom. The minimum absolute atomic E-state index is 0.0631. The van der Waals surface area contributed by atoms with Gasteiger partial charge in [-0.15, -0.1) is 11.3 Å². The van der Waals surface area contributed by atoms with Crippen LogP contribution in [0.5, 0.6) is 11.5 Å². The largest absolute Gasteiger partial charge is 0.493 e. The molecule has 5 rings (SSSR count). The van der Waals surface area contributed by atoms with Gasteiger partial charge in [0.1, 0.15) is 4.70 Å². The van der Waals surface area contributed by atoms with Crippen molar-refractivity contribution in [3.63, 3.8) is 0 Å². The van der Waals surface area contributed by atoms with Crippen molar-refractivity contribution in [3.05, 3.63) is 58.4 Å². The van der Waals surface area contributed by atoms with Crippen molar-refractivity contribution >= 4 is 49.3 Å². The van der Waals surface area contributed by atoms with Crippen molar-refractivity contribution in [1.82, 2.24) is 14.5 Å². The molecule has 0 spiro atoms. The summed E-state index contributed by atoms with van der Waals surface area (Å²) in [7, 11) is 3.22. The third-order valence-electron chi connectivity index (χ3n) is 7.07. The van der Waals surface area contributed by atoms with Crippen LogP contribution in [0.25, 0.3) is 20.3 Å². The summed E-state index contributed by atoms with van der Waals surface area (Å²) in [5.41, 5.74) is 1.68. The van der Waals surface area contributed by atoms with Crippen LogP contribution in [0, 0.1) is 11.8 Å². The van der Waals surface area contributed by atoms with Gasteiger partial charge in [-0.3, -0.25) is 14.2 Å². The Bertz CT molecular complexity index is 1520. The Labute approximate surface area is 230 Å². The number of likely N-dealkylation sites (tertiary alicyclic amines) is 1. The van der Waals surface area contributed by atoms with Crippen LogP contribution in [0.1, 0.15) is 25.8 Å². The molecule has 0 N–H and O–H groups in total. The summed E-state index contributed by atoms with van der Waals surface area (Å²) in [6.45, 7) is 6.42. The summed E-state index contributed by atoms with van der Waals surface area (Å²) in [5.74, 6) is 2.68. The Hall–Kier alpha value is -3.04. The highest BCUT2D eigenvalue weighted by Gasteiger charge is 2.26. The van der Waals surface area contributed by atoms with Crippen LogP contribution >= 0.6 is 23.1 Å². The standard InChI is InChI=1S/C29H33N3O4S2/c1-18-13-19(2)16-31(15-18)25(33)17-37-29-30-26-21-7-5-6-8-24(21)38-27(26)28(34)32(29)12-11-20-9-10-22(35-3)23(14-20)36-4/h5-10,14,18-19H,11-13,15-17H2,1-4H3/t18-,19+. The summed E-state index contributed by atoms with van der Waals surface area (Å²) < 4.78 is 14.2. The molecule has 0 saturated carbocycles. The maximum absolute atomic E-state index is 13.8. The average molecular weight is 552 g/mol. The number of carbonyl (C=O) groups excluding carboxylic acids is 1. The lowest BCUT2D eigenvalue weighted by Crippen LogP contribution is -2.43. The molecule has 0 unspecified atom stereocenters. The van der Waals surface area contributed by atoms with Crippen LogP contribution in [-0.4, -0.2) is 53.4 Å². The molecular formula is C29H33N3O4S2. The number of nitrogens with zero attached hydrogens (tertiary/aromatic N) is 3. The number of hydrogen-bond acceptors (Lipinski definition) is 7. The zero-order valence-electron chi connectivity index (χ0n) is 22.2. The van der Waals surface area contributed by atoms with Gasteiger partial charge in [0.05, 0.1) is 25.5 Å². The molecule has 1 amide bonds. The number of benzene rings is 2. The second-order valence-electron chi connectivity index (χ2n) is 10.1. The molecule has 1 aliphatic rings. The van der Waals surface area contributed by atoms with Crippen molar-refractivity contribution in [1.29, 1.82) is 0 Å². The van der Waals surface area contributed by atoms with Crippen molar-refractivity contribution in [3.8, 4) is 11.5 Å². The summed E-state index contributed by atoms with van der Waals surface area (Å²) in [6, 6.07) is 13.8. The number of thioether (sulfide) groups is 1. The van der Waals surface area contributed by atoms with Gasteiger partial charge in [-0.25, -0.2) is 4.98 Å². The van der Waals surface area contributed by atoms with Gasteiger partial charge in [0.25, 0.3) is 5.56 Å². The van der Waals surface area contributed by atoms with E-state index < -0.39 is 0 Å². The number of rotatable bonds is 8. The lowest BCUT2D eigenvalue weighted by atomic mass is 9.92. The molecule has 2 aromatic carbocycles. The van der Waals surface area contributed by atoms with Gasteiger partial charge in [-0.05, 0) is 48.4 Å². The van der Waals surface area contributed by atoms with Gasteiger partial charge in [0, 0.05) is 29.7 Å². The highest BCUT2D eigenvalue weighted by molar-refractivity contribution is 7.99. The van der Waals surface area contributed by atoms with Crippen molar-refractivity contribution in [2.45, 2.75) is 38.4 Å². The van der Waals surface area contributed by atoms with Gasteiger partial charge < -0.3 is 14.4 Å². The highest BCUT2D eigenvalue weighted by atomic mass is 32.2. The fourth-order valence-electron chi connectivity index (χ4n) is 5.32. The van der Waals surface area contributed by atoms with E-state index in [0.717, 1.165) is 35.2 Å². The SMILES string of the molecule is COc1ccc(CCn2c(SCC(=O)N3C[C@H](C)C[C@H](C)C3)nc3c(sc4ccccc43)c2=O)cc1OC. The van der Waals surface area contributed by atoms with E-state index in [4.69, 9.17) is 14.5 Å². The summed E-state index contributed by atoms with van der Waals surface area (Å²) in [5, 5.41) is 1.56. The Kier molecular flexibility index (Phi) is 7.95. The first-order valence-electron chi connectivity index (χ1n) is 12.9. The van der Waals surface area contributed by atoms with E-state index in [9.17, 15) is 9.59 Å². The second-order valence-corrected chi connectivity index (χ2v) is 12.1. The molecule has 7 nitrogen and oxygen atoms in total. The first-order chi connectivity index (χ1) is 18.4. The van der Waals surface area contributed by atoms with E-state index in [1.165, 1.54) is 23.1 Å². The number of methoxy groups -OCH3 is 2. The molecule has 1 aliphatic heterocycles. The Morgan fingerprint density at radius 3 is 2.55 bits per heavy atom. The van der Waals surface area contributed by atoms with E-state index in [0.29, 0.717) is 51.7 Å². The number of aromatic nitrogens is 2. The zero-order chi connectivity index (χ0) is 26.8. The van der Waals surface area contributed by atoms with Crippen LogP contribution < -0.4 is 15.0 Å². The Balaban J connectivity index is 1.46. The minimum atomic E-state index is -0.0631. The van der Waals surface area contributed by atoms with Crippen LogP contribution in [0.2, 0.25) is 0 Å². The molecule has 1 fully saturated rings. The van der Waals surface area contributed by atoms with Gasteiger partial charge in [-0.2, -0.15) is 0 Å². The van der Waals surface area contributed by atoms with E-state index in [1.807, 2.05) is 47.4 Å². The molecule has 4 aromatic rings. The van der Waals surface area contributed by atoms with Crippen molar-refractivity contribution in [2.75, 3.05) is 33.1 Å². The first-order valence-corrected chi connectivity index (χ1v) is 14.7. The normalized spacial score (nSPS) is 17.7. The number of amides is 1. The topological polar surface area (TPSA) is 73.7 Å². The van der Waals surface area contributed by atoms with Crippen LogP contribution in [0.3, 0.4) is 0 Å². The lowest BCUT2D eigenvalue weighted by Gasteiger charge is -2.35. The van der Waals surface area contributed by atoms with Gasteiger partial charge >= 0.3 is 0 Å². The number of carbonyl (C=O) groups is 1. The first kappa shape index (κ1) is 26.6. The lowest BCUT2D eigenvalue weighted by molar-refractivity contribution is -0.130. The molecule has 0 bridgehead atoms. The smallest absolute Gasteiger partial charge is 0.272 e. The maximum Gasteiger partial charge on any atom is 0.272 e. The molecular weight excluding hydrogens is 518 g/mol. The highest BCUT2D eigenvalue weighted by Crippen LogP contribution is 2.33. The molecule has 0 aliphatic carbocycles. The number of hydrogen-bond donors (Lipinski definition) is 0. The number of piperidine rings is 1. The van der Waals surface area contributed by atoms with Gasteiger partial charge in [-0.1, -0.05) is 49.9 Å². The fraction of sp³-hybridized carbons (Fsp3) is 0.414. The number of thiophene rings is 1. The average Bonchev–Trinajstić information content (AvgIpc) is 3.29. The third-order valence-corrected chi connectivity index (χ3v) is 9.17. The zero-order valence-corrected chi connectivity index (χ0v) is 23.9. The molecule has 9 heteroatoms. The van der Waals surface area contributed by atoms with E-state index in [-0.39, 0.29) is 17.2 Å². The molecule has 1 saturated heterocycles. The third kappa shape index (κ3) is 5.40. The van der Waals surface area contributed by atoms with Crippen LogP contribution in [0.4, 0.5) is 0 Å². The molecule has 2 atom stereocenters. The summed E-state index contributed by atoms with van der Waals surface area (Å²) in [6.07, 6.45) is 1.76. The monoisotopic (exact) mass is 551 g/mol. The fourth-order valence-corrected chi connectivity index (χ4v) is 7.33. The molecule has 2 aromatic heterocycles. The Morgan fingerprint density at radius 1 is 1.08 bits per heavy atom. The minimum Gasteiger partial charge on any atom is -0.493 e. The van der Waals surface area contributed by atoms with Crippen LogP contribution in [0.15, 0.2) is 52.4 Å². The van der Waals surface area contributed by atoms with Crippen molar-refractivity contribution < 1.29 is 14.3 Å². The second kappa shape index (κ2) is 11.4. The van der Waals surface area contributed by atoms with Gasteiger partial charge in [0.2, 0.25) is 5.91 Å². The molecule has 3 heterocycles. The summed E-state index contributed by atoms with van der Waals surface area (Å²) in [4.78, 5) is 33.9. The van der Waals surface area contributed by atoms with E-state index >= 15 is 0 Å². The maximum atomic E-state index is 13.8. The quantitative estimate of drug-likeness (QED) is 0.214. The molecule has 0 radical (unpaired) electrons. The number of ether oxygens (including phenoxy) is 2. The summed E-state index contributed by atoms with van der Waals surface area (Å²) >= 11 is 2.84. The number of aryl methyl sites for hydroxylation is 1. The van der Waals surface area contributed by atoms with E-state index in [1.54, 1.807) is 18.8 Å². The van der Waals surface area contributed by atoms with Gasteiger partial charge in [0.15, 0.2) is 16.7 Å². The molecule has 38 heavy (non-hydrogen) atoms. The van der Waals surface area contributed by atoms with Crippen LogP contribution in [-0.2, 0) is 17.8 Å².